The third kappa shape index (κ3) is 4.00. The number of nitrogens with one attached hydrogen (secondary N) is 1. The SMILES string of the molecule is CC[C@H](NC(=O)c1ccc(I)cc1)c1ccc(OC)c(C)c1. The smallest absolute Gasteiger partial charge is 0.251 e. The first-order valence-corrected chi connectivity index (χ1v) is 8.34. The fourth-order valence-electron chi connectivity index (χ4n) is 2.38. The first-order chi connectivity index (χ1) is 10.5. The van der Waals surface area contributed by atoms with Gasteiger partial charge in [-0.2, -0.15) is 0 Å². The Balaban J connectivity index is 2.16. The maximum atomic E-state index is 12.4. The Kier molecular flexibility index (Phi) is 5.83. The lowest BCUT2D eigenvalue weighted by atomic mass is 10.0. The van der Waals surface area contributed by atoms with Gasteiger partial charge in [0, 0.05) is 9.13 Å². The number of amides is 1. The van der Waals surface area contributed by atoms with Crippen LogP contribution in [0.4, 0.5) is 0 Å². The van der Waals surface area contributed by atoms with Crippen LogP contribution < -0.4 is 10.1 Å². The molecule has 116 valence electrons. The zero-order chi connectivity index (χ0) is 16.1. The van der Waals surface area contributed by atoms with Gasteiger partial charge in [-0.15, -0.1) is 0 Å². The van der Waals surface area contributed by atoms with Crippen LogP contribution in [0.5, 0.6) is 5.75 Å². The fourth-order valence-corrected chi connectivity index (χ4v) is 2.74. The van der Waals surface area contributed by atoms with Gasteiger partial charge in [-0.3, -0.25) is 4.79 Å². The molecule has 0 fully saturated rings. The monoisotopic (exact) mass is 409 g/mol. The van der Waals surface area contributed by atoms with Crippen LogP contribution in [0.3, 0.4) is 0 Å². The number of benzene rings is 2. The molecule has 0 spiro atoms. The molecule has 0 saturated carbocycles. The Hall–Kier alpha value is -1.56. The van der Waals surface area contributed by atoms with Crippen molar-refractivity contribution < 1.29 is 9.53 Å². The molecule has 2 aromatic rings. The minimum absolute atomic E-state index is 0.00335. The van der Waals surface area contributed by atoms with Crippen molar-refractivity contribution >= 4 is 28.5 Å². The van der Waals surface area contributed by atoms with Gasteiger partial charge in [0.1, 0.15) is 5.75 Å². The molecule has 0 aliphatic rings. The summed E-state index contributed by atoms with van der Waals surface area (Å²) in [6.07, 6.45) is 0.835. The summed E-state index contributed by atoms with van der Waals surface area (Å²) in [7, 11) is 1.66. The molecule has 2 rings (SSSR count). The third-order valence-electron chi connectivity index (χ3n) is 3.64. The van der Waals surface area contributed by atoms with E-state index in [2.05, 4.69) is 40.9 Å². The van der Waals surface area contributed by atoms with Crippen LogP contribution in [0.1, 0.15) is 40.9 Å². The highest BCUT2D eigenvalue weighted by atomic mass is 127. The molecule has 4 heteroatoms. The van der Waals surface area contributed by atoms with E-state index in [1.54, 1.807) is 7.11 Å². The van der Waals surface area contributed by atoms with E-state index in [1.807, 2.05) is 43.3 Å². The second-order valence-corrected chi connectivity index (χ2v) is 6.42. The number of hydrogen-bond donors (Lipinski definition) is 1. The second kappa shape index (κ2) is 7.63. The van der Waals surface area contributed by atoms with E-state index >= 15 is 0 Å². The van der Waals surface area contributed by atoms with Crippen LogP contribution in [-0.4, -0.2) is 13.0 Å². The highest BCUT2D eigenvalue weighted by Crippen LogP contribution is 2.24. The van der Waals surface area contributed by atoms with E-state index in [0.29, 0.717) is 5.56 Å². The highest BCUT2D eigenvalue weighted by molar-refractivity contribution is 14.1. The lowest BCUT2D eigenvalue weighted by molar-refractivity contribution is 0.0935. The van der Waals surface area contributed by atoms with Gasteiger partial charge in [0.2, 0.25) is 0 Å². The molecule has 0 bridgehead atoms. The summed E-state index contributed by atoms with van der Waals surface area (Å²) in [5.74, 6) is 0.819. The Bertz CT molecular complexity index is 653. The Labute approximate surface area is 145 Å². The average molecular weight is 409 g/mol. The highest BCUT2D eigenvalue weighted by Gasteiger charge is 2.15. The molecule has 1 atom stereocenters. The van der Waals surface area contributed by atoms with E-state index in [0.717, 1.165) is 26.9 Å². The van der Waals surface area contributed by atoms with Crippen molar-refractivity contribution in [3.8, 4) is 5.75 Å². The number of hydrogen-bond acceptors (Lipinski definition) is 2. The van der Waals surface area contributed by atoms with E-state index in [1.165, 1.54) is 0 Å². The first kappa shape index (κ1) is 16.8. The van der Waals surface area contributed by atoms with Gasteiger partial charge < -0.3 is 10.1 Å². The van der Waals surface area contributed by atoms with Gasteiger partial charge in [-0.05, 0) is 77.4 Å². The molecule has 0 radical (unpaired) electrons. The number of ether oxygens (including phenoxy) is 1. The number of carbonyl (C=O) groups excluding carboxylic acids is 1. The van der Waals surface area contributed by atoms with Crippen molar-refractivity contribution in [2.75, 3.05) is 7.11 Å². The minimum atomic E-state index is -0.0447. The van der Waals surface area contributed by atoms with Crippen molar-refractivity contribution in [1.29, 1.82) is 0 Å². The first-order valence-electron chi connectivity index (χ1n) is 7.26. The maximum Gasteiger partial charge on any atom is 0.251 e. The minimum Gasteiger partial charge on any atom is -0.496 e. The van der Waals surface area contributed by atoms with Gasteiger partial charge in [-0.1, -0.05) is 19.1 Å². The summed E-state index contributed by atoms with van der Waals surface area (Å²) in [5, 5.41) is 3.10. The van der Waals surface area contributed by atoms with E-state index in [-0.39, 0.29) is 11.9 Å². The number of methoxy groups -OCH3 is 1. The summed E-state index contributed by atoms with van der Waals surface area (Å²) >= 11 is 2.23. The molecular formula is C18H20INO2. The zero-order valence-corrected chi connectivity index (χ0v) is 15.2. The van der Waals surface area contributed by atoms with Crippen molar-refractivity contribution in [3.63, 3.8) is 0 Å². The van der Waals surface area contributed by atoms with Crippen LogP contribution >= 0.6 is 22.6 Å². The summed E-state index contributed by atoms with van der Waals surface area (Å²) in [5.41, 5.74) is 2.85. The van der Waals surface area contributed by atoms with Gasteiger partial charge >= 0.3 is 0 Å². The molecule has 0 aromatic heterocycles. The molecule has 2 aromatic carbocycles. The summed E-state index contributed by atoms with van der Waals surface area (Å²) in [6.45, 7) is 4.08. The van der Waals surface area contributed by atoms with Crippen LogP contribution in [0.15, 0.2) is 42.5 Å². The van der Waals surface area contributed by atoms with Crippen LogP contribution in [0.2, 0.25) is 0 Å². The summed E-state index contributed by atoms with van der Waals surface area (Å²) in [6, 6.07) is 13.6. The van der Waals surface area contributed by atoms with Crippen LogP contribution in [0, 0.1) is 10.5 Å². The van der Waals surface area contributed by atoms with Gasteiger partial charge in [-0.25, -0.2) is 0 Å². The standard InChI is InChI=1S/C18H20INO2/c1-4-16(14-7-10-17(22-3)12(2)11-14)20-18(21)13-5-8-15(19)9-6-13/h5-11,16H,4H2,1-3H3,(H,20,21)/t16-/m0/s1. The predicted octanol–water partition coefficient (Wildman–Crippen LogP) is 4.49. The molecule has 1 N–H and O–H groups in total. The van der Waals surface area contributed by atoms with E-state index in [4.69, 9.17) is 4.74 Å². The van der Waals surface area contributed by atoms with E-state index in [9.17, 15) is 4.79 Å². The summed E-state index contributed by atoms with van der Waals surface area (Å²) in [4.78, 5) is 12.4. The molecular weight excluding hydrogens is 389 g/mol. The lowest BCUT2D eigenvalue weighted by Crippen LogP contribution is -2.28. The number of rotatable bonds is 5. The maximum absolute atomic E-state index is 12.4. The Morgan fingerprint density at radius 1 is 1.23 bits per heavy atom. The van der Waals surface area contributed by atoms with Gasteiger partial charge in [0.15, 0.2) is 0 Å². The fraction of sp³-hybridized carbons (Fsp3) is 0.278. The van der Waals surface area contributed by atoms with Crippen LogP contribution in [0.25, 0.3) is 0 Å². The Morgan fingerprint density at radius 3 is 2.45 bits per heavy atom. The molecule has 0 unspecified atom stereocenters. The predicted molar refractivity (Wildman–Crippen MR) is 97.4 cm³/mol. The van der Waals surface area contributed by atoms with Crippen molar-refractivity contribution in [1.82, 2.24) is 5.32 Å². The third-order valence-corrected chi connectivity index (χ3v) is 4.36. The molecule has 22 heavy (non-hydrogen) atoms. The van der Waals surface area contributed by atoms with Gasteiger partial charge in [0.25, 0.3) is 5.91 Å². The van der Waals surface area contributed by atoms with Gasteiger partial charge in [0.05, 0.1) is 13.2 Å². The summed E-state index contributed by atoms with van der Waals surface area (Å²) < 4.78 is 6.40. The normalized spacial score (nSPS) is 11.8. The van der Waals surface area contributed by atoms with Crippen molar-refractivity contribution in [2.24, 2.45) is 0 Å². The van der Waals surface area contributed by atoms with Crippen molar-refractivity contribution in [3.05, 3.63) is 62.7 Å². The molecule has 0 aliphatic heterocycles. The average Bonchev–Trinajstić information content (AvgIpc) is 2.53. The van der Waals surface area contributed by atoms with Crippen molar-refractivity contribution in [2.45, 2.75) is 26.3 Å². The number of aryl methyl sites for hydroxylation is 1. The molecule has 0 aliphatic carbocycles. The largest absolute Gasteiger partial charge is 0.496 e. The second-order valence-electron chi connectivity index (χ2n) is 5.17. The topological polar surface area (TPSA) is 38.3 Å². The molecule has 0 heterocycles. The molecule has 0 saturated heterocycles. The zero-order valence-electron chi connectivity index (χ0n) is 13.0. The molecule has 3 nitrogen and oxygen atoms in total. The number of carbonyl (C=O) groups is 1. The quantitative estimate of drug-likeness (QED) is 0.740. The Morgan fingerprint density at radius 2 is 1.91 bits per heavy atom. The van der Waals surface area contributed by atoms with E-state index < -0.39 is 0 Å². The van der Waals surface area contributed by atoms with Crippen LogP contribution in [-0.2, 0) is 0 Å². The molecule has 1 amide bonds. The number of halogens is 1. The lowest BCUT2D eigenvalue weighted by Gasteiger charge is -2.19.